The smallest absolute Gasteiger partial charge is 0.258 e. The van der Waals surface area contributed by atoms with Crippen molar-refractivity contribution in [3.05, 3.63) is 75.8 Å². The van der Waals surface area contributed by atoms with Crippen LogP contribution in [0.1, 0.15) is 36.8 Å². The van der Waals surface area contributed by atoms with Crippen LogP contribution in [-0.2, 0) is 13.0 Å². The summed E-state index contributed by atoms with van der Waals surface area (Å²) in [6, 6.07) is 14.0. The van der Waals surface area contributed by atoms with Gasteiger partial charge in [0.25, 0.3) is 5.56 Å². The molecule has 2 aliphatic rings. The lowest BCUT2D eigenvalue weighted by Crippen LogP contribution is -2.46. The van der Waals surface area contributed by atoms with Gasteiger partial charge in [0, 0.05) is 56.2 Å². The van der Waals surface area contributed by atoms with Crippen LogP contribution in [0.2, 0.25) is 0 Å². The normalized spacial score (nSPS) is 18.9. The monoisotopic (exact) mass is 446 g/mol. The van der Waals surface area contributed by atoms with Crippen molar-refractivity contribution in [1.29, 1.82) is 0 Å². The summed E-state index contributed by atoms with van der Waals surface area (Å²) in [5.41, 5.74) is 11.0. The number of hydrogen-bond donors (Lipinski definition) is 2. The minimum absolute atomic E-state index is 0.0346. The van der Waals surface area contributed by atoms with Gasteiger partial charge in [-0.3, -0.25) is 14.1 Å². The van der Waals surface area contributed by atoms with Crippen molar-refractivity contribution < 1.29 is 0 Å². The fourth-order valence-corrected chi connectivity index (χ4v) is 4.60. The number of piperazine rings is 1. The summed E-state index contributed by atoms with van der Waals surface area (Å²) in [6.45, 7) is 8.79. The molecule has 1 fully saturated rings. The second-order valence-electron chi connectivity index (χ2n) is 9.14. The Morgan fingerprint density at radius 2 is 1.94 bits per heavy atom. The van der Waals surface area contributed by atoms with Crippen LogP contribution < -0.4 is 21.4 Å². The van der Waals surface area contributed by atoms with Gasteiger partial charge in [-0.1, -0.05) is 37.3 Å². The van der Waals surface area contributed by atoms with Gasteiger partial charge in [-0.15, -0.1) is 5.11 Å². The lowest BCUT2D eigenvalue weighted by molar-refractivity contribution is 0.247. The number of fused-ring (bicyclic) bond motifs is 1. The molecule has 1 aromatic carbocycles. The Morgan fingerprint density at radius 3 is 2.70 bits per heavy atom. The number of pyridine rings is 1. The molecule has 0 radical (unpaired) electrons. The van der Waals surface area contributed by atoms with Gasteiger partial charge < -0.3 is 4.90 Å². The summed E-state index contributed by atoms with van der Waals surface area (Å²) in [6.07, 6.45) is 2.63. The molecule has 2 aromatic heterocycles. The number of nitrogens with one attached hydrogen (secondary N) is 2. The molecular weight excluding hydrogens is 416 g/mol. The van der Waals surface area contributed by atoms with Gasteiger partial charge in [0.1, 0.15) is 5.65 Å². The van der Waals surface area contributed by atoms with Gasteiger partial charge in [0.15, 0.2) is 6.17 Å². The maximum Gasteiger partial charge on any atom is 0.258 e. The Bertz CT molecular complexity index is 1210. The van der Waals surface area contributed by atoms with Gasteiger partial charge in [-0.05, 0) is 36.1 Å². The van der Waals surface area contributed by atoms with Gasteiger partial charge >= 0.3 is 0 Å². The molecule has 172 valence electrons. The third-order valence-electron chi connectivity index (χ3n) is 6.18. The fourth-order valence-electron chi connectivity index (χ4n) is 4.60. The summed E-state index contributed by atoms with van der Waals surface area (Å²) in [7, 11) is 0. The SMILES string of the molecule is CC(C)Cc1ccc(C2N=NNN2)c(N2CCN(Cc3cc(=O)n4ccccc4n3)CC2)c1. The molecule has 2 N–H and O–H groups in total. The van der Waals surface area contributed by atoms with Crippen LogP contribution in [0, 0.1) is 5.92 Å². The minimum Gasteiger partial charge on any atom is -0.369 e. The second-order valence-corrected chi connectivity index (χ2v) is 9.14. The maximum absolute atomic E-state index is 12.4. The Kier molecular flexibility index (Phi) is 6.06. The van der Waals surface area contributed by atoms with E-state index >= 15 is 0 Å². The second kappa shape index (κ2) is 9.29. The average molecular weight is 447 g/mol. The van der Waals surface area contributed by atoms with Gasteiger partial charge in [-0.25, -0.2) is 10.5 Å². The first-order valence-electron chi connectivity index (χ1n) is 11.5. The van der Waals surface area contributed by atoms with E-state index in [1.165, 1.54) is 11.3 Å². The topological polar surface area (TPSA) is 89.6 Å². The van der Waals surface area contributed by atoms with Crippen molar-refractivity contribution in [2.45, 2.75) is 33.0 Å². The highest BCUT2D eigenvalue weighted by Crippen LogP contribution is 2.31. The van der Waals surface area contributed by atoms with E-state index in [0.29, 0.717) is 18.1 Å². The minimum atomic E-state index is -0.180. The highest BCUT2D eigenvalue weighted by atomic mass is 16.1. The maximum atomic E-state index is 12.4. The third kappa shape index (κ3) is 4.74. The Balaban J connectivity index is 1.31. The predicted molar refractivity (Wildman–Crippen MR) is 128 cm³/mol. The lowest BCUT2D eigenvalue weighted by atomic mass is 9.98. The molecule has 0 saturated carbocycles. The first-order chi connectivity index (χ1) is 16.1. The van der Waals surface area contributed by atoms with Crippen LogP contribution in [0.15, 0.2) is 63.8 Å². The number of benzene rings is 1. The van der Waals surface area contributed by atoms with Crippen molar-refractivity contribution in [2.75, 3.05) is 31.1 Å². The van der Waals surface area contributed by atoms with Gasteiger partial charge in [-0.2, -0.15) is 5.43 Å². The fraction of sp³-hybridized carbons (Fsp3) is 0.417. The largest absolute Gasteiger partial charge is 0.369 e. The van der Waals surface area contributed by atoms with E-state index in [9.17, 15) is 4.79 Å². The zero-order chi connectivity index (χ0) is 22.8. The summed E-state index contributed by atoms with van der Waals surface area (Å²) >= 11 is 0. The Labute approximate surface area is 193 Å². The van der Waals surface area contributed by atoms with Gasteiger partial charge in [0.2, 0.25) is 0 Å². The first-order valence-corrected chi connectivity index (χ1v) is 11.5. The third-order valence-corrected chi connectivity index (χ3v) is 6.18. The summed E-state index contributed by atoms with van der Waals surface area (Å²) in [5.74, 6) is 0.602. The lowest BCUT2D eigenvalue weighted by Gasteiger charge is -2.37. The standard InChI is InChI=1S/C24H30N8O/c1-17(2)13-18-6-7-20(24-26-28-29-27-24)21(14-18)31-11-9-30(10-12-31)16-19-15-23(33)32-8-4-3-5-22(32)25-19/h3-8,14-15,17,24H,9-13,16H2,1-2H3,(H,26,29)(H,27,28). The molecule has 0 bridgehead atoms. The number of hydrazine groups is 1. The average Bonchev–Trinajstić information content (AvgIpc) is 3.34. The molecule has 9 nitrogen and oxygen atoms in total. The Hall–Kier alpha value is -3.30. The zero-order valence-electron chi connectivity index (χ0n) is 19.1. The van der Waals surface area contributed by atoms with Crippen LogP contribution in [0.5, 0.6) is 0 Å². The summed E-state index contributed by atoms with van der Waals surface area (Å²) < 4.78 is 1.58. The number of nitrogens with zero attached hydrogens (tertiary/aromatic N) is 6. The van der Waals surface area contributed by atoms with Crippen molar-refractivity contribution in [3.8, 4) is 0 Å². The zero-order valence-corrected chi connectivity index (χ0v) is 19.1. The van der Waals surface area contributed by atoms with Crippen LogP contribution in [0.25, 0.3) is 5.65 Å². The van der Waals surface area contributed by atoms with Crippen LogP contribution >= 0.6 is 0 Å². The molecule has 9 heteroatoms. The number of hydrogen-bond acceptors (Lipinski definition) is 8. The quantitative estimate of drug-likeness (QED) is 0.605. The van der Waals surface area contributed by atoms with E-state index in [2.05, 4.69) is 68.1 Å². The number of anilines is 1. The molecule has 3 aromatic rings. The van der Waals surface area contributed by atoms with Crippen LogP contribution in [0.4, 0.5) is 5.69 Å². The van der Waals surface area contributed by atoms with Crippen molar-refractivity contribution >= 4 is 11.3 Å². The van der Waals surface area contributed by atoms with E-state index < -0.39 is 0 Å². The molecule has 1 saturated heterocycles. The Morgan fingerprint density at radius 1 is 1.09 bits per heavy atom. The van der Waals surface area contributed by atoms with Crippen LogP contribution in [-0.4, -0.2) is 40.5 Å². The summed E-state index contributed by atoms with van der Waals surface area (Å²) in [4.78, 5) is 21.9. The van der Waals surface area contributed by atoms with E-state index in [1.807, 2.05) is 18.2 Å². The number of rotatable bonds is 6. The molecule has 0 amide bonds. The number of aromatic nitrogens is 2. The van der Waals surface area contributed by atoms with Gasteiger partial charge in [0.05, 0.1) is 5.69 Å². The highest BCUT2D eigenvalue weighted by Gasteiger charge is 2.25. The molecule has 5 rings (SSSR count). The van der Waals surface area contributed by atoms with Crippen molar-refractivity contribution in [3.63, 3.8) is 0 Å². The first kappa shape index (κ1) is 21.5. The van der Waals surface area contributed by atoms with E-state index in [4.69, 9.17) is 0 Å². The molecule has 2 aliphatic heterocycles. The van der Waals surface area contributed by atoms with E-state index in [1.54, 1.807) is 16.7 Å². The molecule has 0 spiro atoms. The molecule has 1 unspecified atom stereocenters. The van der Waals surface area contributed by atoms with E-state index in [0.717, 1.165) is 43.9 Å². The molecule has 1 atom stereocenters. The molecular formula is C24H30N8O. The molecule has 4 heterocycles. The molecule has 33 heavy (non-hydrogen) atoms. The van der Waals surface area contributed by atoms with Crippen molar-refractivity contribution in [1.82, 2.24) is 25.2 Å². The summed E-state index contributed by atoms with van der Waals surface area (Å²) in [5, 5.41) is 8.17. The van der Waals surface area contributed by atoms with Crippen molar-refractivity contribution in [2.24, 2.45) is 16.3 Å². The predicted octanol–water partition coefficient (Wildman–Crippen LogP) is 2.69. The molecule has 0 aliphatic carbocycles. The van der Waals surface area contributed by atoms with E-state index in [-0.39, 0.29) is 11.7 Å². The highest BCUT2D eigenvalue weighted by molar-refractivity contribution is 5.57. The van der Waals surface area contributed by atoms with Crippen LogP contribution in [0.3, 0.4) is 0 Å².